The summed E-state index contributed by atoms with van der Waals surface area (Å²) in [5, 5.41) is 8.23. The minimum Gasteiger partial charge on any atom is -0.323 e. The van der Waals surface area contributed by atoms with Crippen molar-refractivity contribution in [2.45, 2.75) is 6.92 Å². The smallest absolute Gasteiger partial charge is 0.248 e. The standard InChI is InChI=1S/C25H20ClN3O/c1-18-7-9-19(10-8-18)25-20(17-29(28-25)23-5-3-2-4-6-23)11-16-24(30)27-22-14-12-21(26)13-15-22/h2-17H,1H3,(H,27,30)/b16-11-. The third kappa shape index (κ3) is 4.67. The predicted octanol–water partition coefficient (Wildman–Crippen LogP) is 6.15. The van der Waals surface area contributed by atoms with Gasteiger partial charge in [0.25, 0.3) is 0 Å². The largest absolute Gasteiger partial charge is 0.323 e. The summed E-state index contributed by atoms with van der Waals surface area (Å²) in [4.78, 5) is 12.4. The zero-order valence-electron chi connectivity index (χ0n) is 16.4. The van der Waals surface area contributed by atoms with Crippen LogP contribution in [0.2, 0.25) is 5.02 Å². The van der Waals surface area contributed by atoms with Gasteiger partial charge in [-0.3, -0.25) is 4.79 Å². The SMILES string of the molecule is Cc1ccc(-c2nn(-c3ccccc3)cc2/C=C\C(=O)Nc2ccc(Cl)cc2)cc1. The predicted molar refractivity (Wildman–Crippen MR) is 123 cm³/mol. The molecule has 1 aromatic heterocycles. The van der Waals surface area contributed by atoms with Crippen molar-refractivity contribution >= 4 is 29.3 Å². The Morgan fingerprint density at radius 3 is 2.37 bits per heavy atom. The highest BCUT2D eigenvalue weighted by atomic mass is 35.5. The monoisotopic (exact) mass is 413 g/mol. The number of anilines is 1. The van der Waals surface area contributed by atoms with Gasteiger partial charge >= 0.3 is 0 Å². The van der Waals surface area contributed by atoms with E-state index in [4.69, 9.17) is 16.7 Å². The number of nitrogens with one attached hydrogen (secondary N) is 1. The maximum atomic E-state index is 12.4. The van der Waals surface area contributed by atoms with Gasteiger partial charge in [0.2, 0.25) is 5.91 Å². The van der Waals surface area contributed by atoms with Gasteiger partial charge in [0.15, 0.2) is 0 Å². The number of benzene rings is 3. The molecule has 0 atom stereocenters. The van der Waals surface area contributed by atoms with Crippen LogP contribution in [0.15, 0.2) is 91.1 Å². The molecule has 4 rings (SSSR count). The number of hydrogen-bond donors (Lipinski definition) is 1. The van der Waals surface area contributed by atoms with Crippen molar-refractivity contribution in [3.8, 4) is 16.9 Å². The molecule has 0 fully saturated rings. The molecule has 148 valence electrons. The minimum absolute atomic E-state index is 0.223. The van der Waals surface area contributed by atoms with E-state index in [0.717, 1.165) is 22.5 Å². The van der Waals surface area contributed by atoms with Crippen LogP contribution in [0, 0.1) is 6.92 Å². The van der Waals surface area contributed by atoms with Crippen molar-refractivity contribution in [1.82, 2.24) is 9.78 Å². The van der Waals surface area contributed by atoms with Crippen LogP contribution in [-0.2, 0) is 4.79 Å². The lowest BCUT2D eigenvalue weighted by Gasteiger charge is -2.02. The molecule has 0 saturated carbocycles. The maximum Gasteiger partial charge on any atom is 0.248 e. The number of para-hydroxylation sites is 1. The highest BCUT2D eigenvalue weighted by Gasteiger charge is 2.11. The molecule has 1 amide bonds. The lowest BCUT2D eigenvalue weighted by molar-refractivity contribution is -0.111. The number of nitrogens with zero attached hydrogens (tertiary/aromatic N) is 2. The van der Waals surface area contributed by atoms with Crippen LogP contribution >= 0.6 is 11.6 Å². The van der Waals surface area contributed by atoms with Crippen LogP contribution in [0.4, 0.5) is 5.69 Å². The average Bonchev–Trinajstić information content (AvgIpc) is 3.19. The lowest BCUT2D eigenvalue weighted by Crippen LogP contribution is -2.07. The lowest BCUT2D eigenvalue weighted by atomic mass is 10.1. The van der Waals surface area contributed by atoms with Gasteiger partial charge in [0.1, 0.15) is 0 Å². The van der Waals surface area contributed by atoms with Crippen LogP contribution in [0.3, 0.4) is 0 Å². The third-order valence-electron chi connectivity index (χ3n) is 4.61. The fourth-order valence-electron chi connectivity index (χ4n) is 3.04. The summed E-state index contributed by atoms with van der Waals surface area (Å²) < 4.78 is 1.83. The second-order valence-corrected chi connectivity index (χ2v) is 7.35. The summed E-state index contributed by atoms with van der Waals surface area (Å²) >= 11 is 5.89. The Morgan fingerprint density at radius 2 is 1.67 bits per heavy atom. The maximum absolute atomic E-state index is 12.4. The topological polar surface area (TPSA) is 46.9 Å². The molecule has 4 aromatic rings. The Hall–Kier alpha value is -3.63. The van der Waals surface area contributed by atoms with E-state index in [1.807, 2.05) is 60.3 Å². The Bertz CT molecular complexity index is 1180. The van der Waals surface area contributed by atoms with Crippen molar-refractivity contribution in [3.63, 3.8) is 0 Å². The second kappa shape index (κ2) is 8.80. The number of amides is 1. The van der Waals surface area contributed by atoms with Gasteiger partial charge in [-0.15, -0.1) is 0 Å². The molecule has 0 aliphatic rings. The van der Waals surface area contributed by atoms with Crippen LogP contribution < -0.4 is 5.32 Å². The molecule has 3 aromatic carbocycles. The number of rotatable bonds is 5. The summed E-state index contributed by atoms with van der Waals surface area (Å²) in [6, 6.07) is 25.1. The Morgan fingerprint density at radius 1 is 0.967 bits per heavy atom. The highest BCUT2D eigenvalue weighted by molar-refractivity contribution is 6.30. The first-order chi connectivity index (χ1) is 14.6. The molecule has 30 heavy (non-hydrogen) atoms. The molecule has 4 nitrogen and oxygen atoms in total. The van der Waals surface area contributed by atoms with Gasteiger partial charge in [0.05, 0.1) is 11.4 Å². The Balaban J connectivity index is 1.64. The number of hydrogen-bond acceptors (Lipinski definition) is 2. The third-order valence-corrected chi connectivity index (χ3v) is 4.87. The highest BCUT2D eigenvalue weighted by Crippen LogP contribution is 2.25. The number of carbonyl (C=O) groups excluding carboxylic acids is 1. The Kier molecular flexibility index (Phi) is 5.77. The molecule has 0 unspecified atom stereocenters. The molecule has 0 spiro atoms. The molecule has 1 heterocycles. The van der Waals surface area contributed by atoms with E-state index in [2.05, 4.69) is 17.4 Å². The normalized spacial score (nSPS) is 11.0. The van der Waals surface area contributed by atoms with E-state index in [9.17, 15) is 4.79 Å². The van der Waals surface area contributed by atoms with Crippen molar-refractivity contribution in [3.05, 3.63) is 107 Å². The van der Waals surface area contributed by atoms with Gasteiger partial charge in [0, 0.05) is 34.1 Å². The van der Waals surface area contributed by atoms with Crippen molar-refractivity contribution in [1.29, 1.82) is 0 Å². The average molecular weight is 414 g/mol. The van der Waals surface area contributed by atoms with E-state index in [1.165, 1.54) is 11.6 Å². The van der Waals surface area contributed by atoms with Gasteiger partial charge in [-0.05, 0) is 49.4 Å². The first kappa shape index (κ1) is 19.7. The van der Waals surface area contributed by atoms with Crippen LogP contribution in [0.1, 0.15) is 11.1 Å². The number of aryl methyl sites for hydroxylation is 1. The molecule has 0 saturated heterocycles. The summed E-state index contributed by atoms with van der Waals surface area (Å²) in [5.74, 6) is -0.223. The molecule has 1 N–H and O–H groups in total. The summed E-state index contributed by atoms with van der Waals surface area (Å²) in [6.07, 6.45) is 5.22. The van der Waals surface area contributed by atoms with E-state index in [1.54, 1.807) is 30.3 Å². The quantitative estimate of drug-likeness (QED) is 0.398. The molecule has 5 heteroatoms. The number of halogens is 1. The van der Waals surface area contributed by atoms with E-state index in [0.29, 0.717) is 10.7 Å². The zero-order chi connectivity index (χ0) is 20.9. The van der Waals surface area contributed by atoms with Crippen LogP contribution in [-0.4, -0.2) is 15.7 Å². The van der Waals surface area contributed by atoms with Crippen molar-refractivity contribution < 1.29 is 4.79 Å². The molecule has 0 bridgehead atoms. The van der Waals surface area contributed by atoms with Crippen LogP contribution in [0.25, 0.3) is 23.0 Å². The fraction of sp³-hybridized carbons (Fsp3) is 0.0400. The van der Waals surface area contributed by atoms with E-state index < -0.39 is 0 Å². The second-order valence-electron chi connectivity index (χ2n) is 6.91. The van der Waals surface area contributed by atoms with Gasteiger partial charge in [-0.25, -0.2) is 4.68 Å². The fourth-order valence-corrected chi connectivity index (χ4v) is 3.17. The molecule has 0 radical (unpaired) electrons. The summed E-state index contributed by atoms with van der Waals surface area (Å²) in [5.41, 5.74) is 5.49. The van der Waals surface area contributed by atoms with Gasteiger partial charge in [-0.1, -0.05) is 59.6 Å². The summed E-state index contributed by atoms with van der Waals surface area (Å²) in [7, 11) is 0. The molecule has 0 aliphatic heterocycles. The molecular formula is C25H20ClN3O. The van der Waals surface area contributed by atoms with Gasteiger partial charge in [-0.2, -0.15) is 5.10 Å². The Labute approximate surface area is 180 Å². The first-order valence-electron chi connectivity index (χ1n) is 9.55. The number of carbonyl (C=O) groups is 1. The summed E-state index contributed by atoms with van der Waals surface area (Å²) in [6.45, 7) is 2.05. The molecular weight excluding hydrogens is 394 g/mol. The van der Waals surface area contributed by atoms with Crippen molar-refractivity contribution in [2.75, 3.05) is 5.32 Å². The van der Waals surface area contributed by atoms with E-state index >= 15 is 0 Å². The van der Waals surface area contributed by atoms with E-state index in [-0.39, 0.29) is 5.91 Å². The van der Waals surface area contributed by atoms with Crippen LogP contribution in [0.5, 0.6) is 0 Å². The van der Waals surface area contributed by atoms with Gasteiger partial charge < -0.3 is 5.32 Å². The number of aromatic nitrogens is 2. The molecule has 0 aliphatic carbocycles. The van der Waals surface area contributed by atoms with Crippen molar-refractivity contribution in [2.24, 2.45) is 0 Å². The zero-order valence-corrected chi connectivity index (χ0v) is 17.2. The minimum atomic E-state index is -0.223. The first-order valence-corrected chi connectivity index (χ1v) is 9.93.